The zero-order valence-electron chi connectivity index (χ0n) is 17.5. The van der Waals surface area contributed by atoms with Crippen molar-refractivity contribution in [2.45, 2.75) is 6.92 Å². The van der Waals surface area contributed by atoms with E-state index in [2.05, 4.69) is 18.2 Å². The molecule has 154 valence electrons. The second-order valence-electron chi connectivity index (χ2n) is 7.58. The van der Waals surface area contributed by atoms with E-state index in [9.17, 15) is 0 Å². The lowest BCUT2D eigenvalue weighted by Crippen LogP contribution is -2.00. The maximum Gasteiger partial charge on any atom is 0.164 e. The molecule has 1 aromatic heterocycles. The van der Waals surface area contributed by atoms with Gasteiger partial charge < -0.3 is 0 Å². The van der Waals surface area contributed by atoms with E-state index in [4.69, 9.17) is 26.6 Å². The Hall–Kier alpha value is -3.82. The quantitative estimate of drug-likeness (QED) is 0.294. The van der Waals surface area contributed by atoms with Crippen molar-refractivity contribution in [3.8, 4) is 45.3 Å². The van der Waals surface area contributed by atoms with Crippen LogP contribution in [0.4, 0.5) is 0 Å². The minimum absolute atomic E-state index is 0.637. The lowest BCUT2D eigenvalue weighted by molar-refractivity contribution is 1.07. The maximum absolute atomic E-state index is 6.36. The van der Waals surface area contributed by atoms with Gasteiger partial charge in [-0.05, 0) is 35.7 Å². The predicted octanol–water partition coefficient (Wildman–Crippen LogP) is 7.50. The van der Waals surface area contributed by atoms with Crippen molar-refractivity contribution in [2.75, 3.05) is 0 Å². The Kier molecular flexibility index (Phi) is 5.49. The Morgan fingerprint density at radius 1 is 0.469 bits per heavy atom. The molecule has 0 saturated carbocycles. The normalized spacial score (nSPS) is 10.8. The van der Waals surface area contributed by atoms with Crippen molar-refractivity contribution in [1.82, 2.24) is 15.0 Å². The lowest BCUT2D eigenvalue weighted by Gasteiger charge is -2.10. The van der Waals surface area contributed by atoms with E-state index >= 15 is 0 Å². The summed E-state index contributed by atoms with van der Waals surface area (Å²) in [4.78, 5) is 14.4. The molecule has 0 amide bonds. The number of aromatic nitrogens is 3. The van der Waals surface area contributed by atoms with E-state index in [1.807, 2.05) is 91.9 Å². The molecule has 3 nitrogen and oxygen atoms in total. The fourth-order valence-corrected chi connectivity index (χ4v) is 3.73. The number of halogens is 1. The first-order valence-corrected chi connectivity index (χ1v) is 10.8. The number of rotatable bonds is 4. The van der Waals surface area contributed by atoms with Crippen LogP contribution in [-0.2, 0) is 0 Å². The first-order chi connectivity index (χ1) is 15.7. The predicted molar refractivity (Wildman–Crippen MR) is 131 cm³/mol. The molecule has 0 N–H and O–H groups in total. The van der Waals surface area contributed by atoms with E-state index in [0.717, 1.165) is 38.4 Å². The average Bonchev–Trinajstić information content (AvgIpc) is 2.86. The van der Waals surface area contributed by atoms with Gasteiger partial charge in [0.05, 0.1) is 0 Å². The van der Waals surface area contributed by atoms with Crippen molar-refractivity contribution in [3.05, 3.63) is 114 Å². The van der Waals surface area contributed by atoms with Crippen molar-refractivity contribution in [2.24, 2.45) is 0 Å². The van der Waals surface area contributed by atoms with Gasteiger partial charge in [0.15, 0.2) is 17.5 Å². The van der Waals surface area contributed by atoms with Gasteiger partial charge in [-0.15, -0.1) is 0 Å². The summed E-state index contributed by atoms with van der Waals surface area (Å²) in [5.74, 6) is 1.94. The first kappa shape index (κ1) is 20.1. The van der Waals surface area contributed by atoms with E-state index in [0.29, 0.717) is 17.5 Å². The third-order valence-electron chi connectivity index (χ3n) is 5.33. The lowest BCUT2D eigenvalue weighted by atomic mass is 10.0. The van der Waals surface area contributed by atoms with Crippen LogP contribution in [0.1, 0.15) is 5.56 Å². The third kappa shape index (κ3) is 4.16. The van der Waals surface area contributed by atoms with Crippen LogP contribution >= 0.6 is 11.6 Å². The summed E-state index contributed by atoms with van der Waals surface area (Å²) in [6, 6.07) is 34.3. The Balaban J connectivity index is 1.65. The molecular weight excluding hydrogens is 414 g/mol. The highest BCUT2D eigenvalue weighted by Gasteiger charge is 2.12. The number of aryl methyl sites for hydroxylation is 1. The minimum Gasteiger partial charge on any atom is -0.208 e. The summed E-state index contributed by atoms with van der Waals surface area (Å²) in [7, 11) is 0. The van der Waals surface area contributed by atoms with Crippen LogP contribution in [0.25, 0.3) is 45.3 Å². The summed E-state index contributed by atoms with van der Waals surface area (Å²) >= 11 is 6.36. The standard InChI is InChI=1S/C28H20ClN3/c1-19-15-16-23(18-25(19)29)22-13-8-14-24(17-22)28-31-26(20-9-4-2-5-10-20)30-27(32-28)21-11-6-3-7-12-21/h2-18H,1H3. The Labute approximate surface area is 192 Å². The molecule has 5 rings (SSSR count). The molecule has 0 aliphatic heterocycles. The molecule has 0 spiro atoms. The molecule has 4 heteroatoms. The van der Waals surface area contributed by atoms with Gasteiger partial charge in [0.25, 0.3) is 0 Å². The maximum atomic E-state index is 6.36. The first-order valence-electron chi connectivity index (χ1n) is 10.4. The van der Waals surface area contributed by atoms with Gasteiger partial charge in [-0.1, -0.05) is 103 Å². The number of benzene rings is 4. The summed E-state index contributed by atoms with van der Waals surface area (Å²) in [5, 5.41) is 0.755. The molecule has 4 aromatic carbocycles. The highest BCUT2D eigenvalue weighted by Crippen LogP contribution is 2.30. The van der Waals surface area contributed by atoms with Crippen LogP contribution in [0, 0.1) is 6.92 Å². The Morgan fingerprint density at radius 3 is 1.50 bits per heavy atom. The van der Waals surface area contributed by atoms with Crippen LogP contribution in [0.15, 0.2) is 103 Å². The fraction of sp³-hybridized carbons (Fsp3) is 0.0357. The molecule has 0 fully saturated rings. The molecule has 0 aliphatic rings. The summed E-state index contributed by atoms with van der Waals surface area (Å²) in [6.07, 6.45) is 0. The SMILES string of the molecule is Cc1ccc(-c2cccc(-c3nc(-c4ccccc4)nc(-c4ccccc4)n3)c2)cc1Cl. The van der Waals surface area contributed by atoms with Gasteiger partial charge in [-0.2, -0.15) is 0 Å². The zero-order valence-corrected chi connectivity index (χ0v) is 18.3. The van der Waals surface area contributed by atoms with Gasteiger partial charge in [0.2, 0.25) is 0 Å². The smallest absolute Gasteiger partial charge is 0.164 e. The Bertz CT molecular complexity index is 1330. The summed E-state index contributed by atoms with van der Waals surface area (Å²) < 4.78 is 0. The highest BCUT2D eigenvalue weighted by atomic mass is 35.5. The van der Waals surface area contributed by atoms with Crippen LogP contribution in [-0.4, -0.2) is 15.0 Å². The number of hydrogen-bond acceptors (Lipinski definition) is 3. The molecule has 0 atom stereocenters. The van der Waals surface area contributed by atoms with E-state index in [1.54, 1.807) is 0 Å². The monoisotopic (exact) mass is 433 g/mol. The molecule has 0 unspecified atom stereocenters. The summed E-state index contributed by atoms with van der Waals surface area (Å²) in [5.41, 5.74) is 6.01. The number of hydrogen-bond donors (Lipinski definition) is 0. The second kappa shape index (κ2) is 8.74. The Morgan fingerprint density at radius 2 is 0.938 bits per heavy atom. The van der Waals surface area contributed by atoms with Crippen LogP contribution in [0.3, 0.4) is 0 Å². The molecule has 1 heterocycles. The fourth-order valence-electron chi connectivity index (χ4n) is 3.55. The largest absolute Gasteiger partial charge is 0.208 e. The molecular formula is C28H20ClN3. The molecule has 5 aromatic rings. The molecule has 0 aliphatic carbocycles. The molecule has 0 saturated heterocycles. The van der Waals surface area contributed by atoms with Crippen molar-refractivity contribution < 1.29 is 0 Å². The minimum atomic E-state index is 0.637. The van der Waals surface area contributed by atoms with E-state index in [1.165, 1.54) is 0 Å². The van der Waals surface area contributed by atoms with Crippen molar-refractivity contribution in [3.63, 3.8) is 0 Å². The zero-order chi connectivity index (χ0) is 21.9. The topological polar surface area (TPSA) is 38.7 Å². The van der Waals surface area contributed by atoms with Gasteiger partial charge in [-0.25, -0.2) is 15.0 Å². The molecule has 0 radical (unpaired) electrons. The van der Waals surface area contributed by atoms with Crippen LogP contribution in [0.2, 0.25) is 5.02 Å². The van der Waals surface area contributed by atoms with E-state index in [-0.39, 0.29) is 0 Å². The van der Waals surface area contributed by atoms with Crippen molar-refractivity contribution in [1.29, 1.82) is 0 Å². The van der Waals surface area contributed by atoms with Gasteiger partial charge in [0.1, 0.15) is 0 Å². The van der Waals surface area contributed by atoms with Crippen molar-refractivity contribution >= 4 is 11.6 Å². The average molecular weight is 434 g/mol. The second-order valence-corrected chi connectivity index (χ2v) is 7.99. The number of nitrogens with zero attached hydrogens (tertiary/aromatic N) is 3. The highest BCUT2D eigenvalue weighted by molar-refractivity contribution is 6.31. The van der Waals surface area contributed by atoms with Gasteiger partial charge in [0, 0.05) is 21.7 Å². The van der Waals surface area contributed by atoms with Gasteiger partial charge in [-0.3, -0.25) is 0 Å². The third-order valence-corrected chi connectivity index (χ3v) is 5.73. The summed E-state index contributed by atoms with van der Waals surface area (Å²) in [6.45, 7) is 2.00. The molecule has 0 bridgehead atoms. The van der Waals surface area contributed by atoms with Crippen LogP contribution in [0.5, 0.6) is 0 Å². The van der Waals surface area contributed by atoms with Gasteiger partial charge >= 0.3 is 0 Å². The molecule has 32 heavy (non-hydrogen) atoms. The van der Waals surface area contributed by atoms with Crippen LogP contribution < -0.4 is 0 Å². The van der Waals surface area contributed by atoms with E-state index < -0.39 is 0 Å².